The summed E-state index contributed by atoms with van der Waals surface area (Å²) in [6.07, 6.45) is 3.41. The lowest BCUT2D eigenvalue weighted by Crippen LogP contribution is -2.32. The Morgan fingerprint density at radius 3 is 2.38 bits per heavy atom. The average molecular weight is 484 g/mol. The van der Waals surface area contributed by atoms with E-state index in [9.17, 15) is 0 Å². The van der Waals surface area contributed by atoms with Crippen LogP contribution in [-0.2, 0) is 18.9 Å². The highest BCUT2D eigenvalue weighted by atomic mass is 15.0. The molecule has 0 aliphatic heterocycles. The first-order chi connectivity index (χ1) is 17.6. The number of aryl methyl sites for hydroxylation is 2. The van der Waals surface area contributed by atoms with Crippen molar-refractivity contribution >= 4 is 27.2 Å². The molecule has 0 saturated carbocycles. The zero-order valence-corrected chi connectivity index (χ0v) is 23.0. The monoisotopic (exact) mass is 483 g/mol. The Kier molecular flexibility index (Phi) is 4.40. The lowest BCUT2D eigenvalue weighted by atomic mass is 9.80. The van der Waals surface area contributed by atoms with Crippen LogP contribution in [-0.4, -0.2) is 4.40 Å². The molecule has 0 fully saturated rings. The van der Waals surface area contributed by atoms with Crippen LogP contribution in [0, 0.1) is 12.3 Å². The van der Waals surface area contributed by atoms with Gasteiger partial charge in [-0.25, -0.2) is 4.57 Å². The molecular formula is C35H35N2+. The number of benzene rings is 3. The second-order valence-corrected chi connectivity index (χ2v) is 12.9. The molecule has 3 aromatic carbocycles. The summed E-state index contributed by atoms with van der Waals surface area (Å²) in [5.41, 5.74) is 13.9. The van der Waals surface area contributed by atoms with Gasteiger partial charge in [-0.05, 0) is 53.6 Å². The number of fused-ring (bicyclic) bond motifs is 8. The van der Waals surface area contributed by atoms with Gasteiger partial charge in [-0.15, -0.1) is 0 Å². The minimum absolute atomic E-state index is 0.0771. The van der Waals surface area contributed by atoms with Crippen LogP contribution in [0.2, 0.25) is 0 Å². The third-order valence-electron chi connectivity index (χ3n) is 8.53. The SMILES string of the molecule is Cc1cc2c3ccccc3n3c4c(c(c1-c1ccc(CC(C)(C)C)c[n+]1C)c23)C(C)(C)c1ccccc1-4. The van der Waals surface area contributed by atoms with E-state index in [0.29, 0.717) is 0 Å². The summed E-state index contributed by atoms with van der Waals surface area (Å²) in [6, 6.07) is 25.1. The highest BCUT2D eigenvalue weighted by Gasteiger charge is 2.42. The van der Waals surface area contributed by atoms with Crippen molar-refractivity contribution in [3.8, 4) is 22.5 Å². The van der Waals surface area contributed by atoms with Gasteiger partial charge >= 0.3 is 0 Å². The van der Waals surface area contributed by atoms with Crippen LogP contribution >= 0.6 is 0 Å². The molecule has 2 nitrogen and oxygen atoms in total. The number of para-hydroxylation sites is 1. The van der Waals surface area contributed by atoms with Crippen LogP contribution < -0.4 is 4.57 Å². The standard InChI is InChI=1S/C35H35N2/c1-21-18-25-23-12-9-11-15-27(23)37-32(25)30(31-33(37)24-13-8-10-14-26(24)35(31,5)6)29(21)28-17-16-22(20-36(28)7)19-34(2,3)4/h8-18,20H,19H2,1-7H3/q+1. The number of hydrogen-bond donors (Lipinski definition) is 0. The van der Waals surface area contributed by atoms with Crippen LogP contribution in [0.25, 0.3) is 49.7 Å². The van der Waals surface area contributed by atoms with Gasteiger partial charge in [-0.2, -0.15) is 0 Å². The van der Waals surface area contributed by atoms with Gasteiger partial charge in [0.25, 0.3) is 0 Å². The quantitative estimate of drug-likeness (QED) is 0.219. The zero-order chi connectivity index (χ0) is 25.9. The number of pyridine rings is 1. The molecule has 0 saturated heterocycles. The van der Waals surface area contributed by atoms with Crippen LogP contribution in [0.5, 0.6) is 0 Å². The third kappa shape index (κ3) is 2.96. The van der Waals surface area contributed by atoms with Crippen molar-refractivity contribution in [3.63, 3.8) is 0 Å². The van der Waals surface area contributed by atoms with Gasteiger partial charge in [0, 0.05) is 38.8 Å². The summed E-state index contributed by atoms with van der Waals surface area (Å²) < 4.78 is 4.92. The summed E-state index contributed by atoms with van der Waals surface area (Å²) >= 11 is 0. The van der Waals surface area contributed by atoms with Crippen molar-refractivity contribution in [1.82, 2.24) is 4.40 Å². The first kappa shape index (κ1) is 22.5. The topological polar surface area (TPSA) is 8.29 Å². The predicted octanol–water partition coefficient (Wildman–Crippen LogP) is 8.38. The van der Waals surface area contributed by atoms with Gasteiger partial charge in [0.1, 0.15) is 7.05 Å². The largest absolute Gasteiger partial charge is 0.308 e. The van der Waals surface area contributed by atoms with Crippen molar-refractivity contribution in [3.05, 3.63) is 95.2 Å². The van der Waals surface area contributed by atoms with E-state index in [1.807, 2.05) is 0 Å². The molecule has 2 heteroatoms. The summed E-state index contributed by atoms with van der Waals surface area (Å²) in [6.45, 7) is 14.1. The number of nitrogens with zero attached hydrogens (tertiary/aromatic N) is 2. The molecule has 1 aliphatic carbocycles. The zero-order valence-electron chi connectivity index (χ0n) is 23.0. The van der Waals surface area contributed by atoms with Gasteiger partial charge in [0.2, 0.25) is 5.69 Å². The first-order valence-electron chi connectivity index (χ1n) is 13.5. The van der Waals surface area contributed by atoms with Crippen molar-refractivity contribution in [2.24, 2.45) is 12.5 Å². The Morgan fingerprint density at radius 2 is 1.62 bits per heavy atom. The Labute approximate surface area is 219 Å². The van der Waals surface area contributed by atoms with Crippen molar-refractivity contribution < 1.29 is 4.57 Å². The minimum Gasteiger partial charge on any atom is -0.308 e. The van der Waals surface area contributed by atoms with E-state index < -0.39 is 0 Å². The first-order valence-corrected chi connectivity index (χ1v) is 13.5. The smallest absolute Gasteiger partial charge is 0.213 e. The van der Waals surface area contributed by atoms with Gasteiger partial charge in [0.15, 0.2) is 6.20 Å². The molecular weight excluding hydrogens is 448 g/mol. The fourth-order valence-corrected chi connectivity index (χ4v) is 7.17. The second-order valence-electron chi connectivity index (χ2n) is 12.9. The fourth-order valence-electron chi connectivity index (χ4n) is 7.17. The minimum atomic E-state index is -0.0771. The fraction of sp³-hybridized carbons (Fsp3) is 0.286. The summed E-state index contributed by atoms with van der Waals surface area (Å²) in [5.74, 6) is 0. The second kappa shape index (κ2) is 7.22. The molecule has 37 heavy (non-hydrogen) atoms. The molecule has 0 spiro atoms. The number of aromatic nitrogens is 2. The summed E-state index contributed by atoms with van der Waals surface area (Å²) in [4.78, 5) is 0. The van der Waals surface area contributed by atoms with E-state index in [1.54, 1.807) is 0 Å². The summed E-state index contributed by atoms with van der Waals surface area (Å²) in [5, 5.41) is 4.12. The molecule has 0 radical (unpaired) electrons. The molecule has 0 unspecified atom stereocenters. The molecule has 3 aromatic heterocycles. The Balaban J connectivity index is 1.65. The number of hydrogen-bond acceptors (Lipinski definition) is 0. The number of rotatable bonds is 2. The molecule has 7 rings (SSSR count). The maximum Gasteiger partial charge on any atom is 0.213 e. The Hall–Kier alpha value is -3.65. The van der Waals surface area contributed by atoms with Crippen molar-refractivity contribution in [1.29, 1.82) is 0 Å². The molecule has 0 amide bonds. The molecule has 1 aliphatic rings. The van der Waals surface area contributed by atoms with E-state index in [2.05, 4.69) is 130 Å². The van der Waals surface area contributed by atoms with Crippen molar-refractivity contribution in [2.75, 3.05) is 0 Å². The maximum absolute atomic E-state index is 2.57. The molecule has 6 aromatic rings. The lowest BCUT2D eigenvalue weighted by molar-refractivity contribution is -0.660. The average Bonchev–Trinajstić information content (AvgIpc) is 3.42. The molecule has 0 N–H and O–H groups in total. The van der Waals surface area contributed by atoms with Crippen LogP contribution in [0.1, 0.15) is 56.9 Å². The molecule has 3 heterocycles. The Morgan fingerprint density at radius 1 is 0.892 bits per heavy atom. The van der Waals surface area contributed by atoms with Gasteiger partial charge in [-0.3, -0.25) is 0 Å². The highest BCUT2D eigenvalue weighted by molar-refractivity contribution is 6.22. The van der Waals surface area contributed by atoms with E-state index in [-0.39, 0.29) is 10.8 Å². The normalized spacial score (nSPS) is 14.7. The van der Waals surface area contributed by atoms with Crippen LogP contribution in [0.4, 0.5) is 0 Å². The molecule has 184 valence electrons. The van der Waals surface area contributed by atoms with Crippen LogP contribution in [0.15, 0.2) is 72.9 Å². The Bertz CT molecular complexity index is 1870. The molecule has 0 bridgehead atoms. The predicted molar refractivity (Wildman–Crippen MR) is 156 cm³/mol. The molecule has 0 atom stereocenters. The van der Waals surface area contributed by atoms with E-state index in [1.165, 1.54) is 72.0 Å². The highest BCUT2D eigenvalue weighted by Crippen LogP contribution is 2.56. The van der Waals surface area contributed by atoms with Gasteiger partial charge < -0.3 is 4.40 Å². The van der Waals surface area contributed by atoms with Crippen LogP contribution in [0.3, 0.4) is 0 Å². The van der Waals surface area contributed by atoms with E-state index >= 15 is 0 Å². The van der Waals surface area contributed by atoms with E-state index in [0.717, 1.165) is 6.42 Å². The van der Waals surface area contributed by atoms with Gasteiger partial charge in [-0.1, -0.05) is 77.1 Å². The third-order valence-corrected chi connectivity index (χ3v) is 8.53. The van der Waals surface area contributed by atoms with E-state index in [4.69, 9.17) is 0 Å². The lowest BCUT2D eigenvalue weighted by Gasteiger charge is -2.22. The summed E-state index contributed by atoms with van der Waals surface area (Å²) in [7, 11) is 2.21. The maximum atomic E-state index is 2.57. The van der Waals surface area contributed by atoms with Gasteiger partial charge in [0.05, 0.1) is 22.3 Å². The van der Waals surface area contributed by atoms with Crippen molar-refractivity contribution in [2.45, 2.75) is 53.4 Å².